The molecular formula is C12H13NO4. The summed E-state index contributed by atoms with van der Waals surface area (Å²) < 4.78 is 0. The van der Waals surface area contributed by atoms with Crippen molar-refractivity contribution >= 4 is 17.8 Å². The number of carbonyl (C=O) groups is 3. The third-order valence-electron chi connectivity index (χ3n) is 2.66. The van der Waals surface area contributed by atoms with E-state index in [1.54, 1.807) is 0 Å². The van der Waals surface area contributed by atoms with E-state index in [4.69, 9.17) is 4.84 Å². The third kappa shape index (κ3) is 2.81. The molecule has 0 aromatic carbocycles. The SMILES string of the molecule is O=C(CCC1=CCC=C1)ON1C(=O)CCC1=O. The Balaban J connectivity index is 1.79. The van der Waals surface area contributed by atoms with Crippen LogP contribution >= 0.6 is 0 Å². The van der Waals surface area contributed by atoms with Gasteiger partial charge in [0, 0.05) is 12.8 Å². The topological polar surface area (TPSA) is 63.7 Å². The fourth-order valence-electron chi connectivity index (χ4n) is 1.74. The van der Waals surface area contributed by atoms with Crippen LogP contribution in [0.5, 0.6) is 0 Å². The average Bonchev–Trinajstić information content (AvgIpc) is 2.91. The summed E-state index contributed by atoms with van der Waals surface area (Å²) in [5.74, 6) is -1.43. The Labute approximate surface area is 98.7 Å². The first-order valence-electron chi connectivity index (χ1n) is 5.59. The van der Waals surface area contributed by atoms with Gasteiger partial charge in [-0.2, -0.15) is 0 Å². The number of hydrogen-bond donors (Lipinski definition) is 0. The molecule has 1 aliphatic carbocycles. The van der Waals surface area contributed by atoms with Crippen molar-refractivity contribution < 1.29 is 19.2 Å². The summed E-state index contributed by atoms with van der Waals surface area (Å²) in [6.45, 7) is 0. The van der Waals surface area contributed by atoms with Gasteiger partial charge >= 0.3 is 5.97 Å². The van der Waals surface area contributed by atoms with Gasteiger partial charge < -0.3 is 4.84 Å². The van der Waals surface area contributed by atoms with Crippen LogP contribution in [0, 0.1) is 0 Å². The van der Waals surface area contributed by atoms with E-state index < -0.39 is 17.8 Å². The molecular weight excluding hydrogens is 222 g/mol. The molecule has 0 bridgehead atoms. The maximum atomic E-state index is 11.4. The highest BCUT2D eigenvalue weighted by Gasteiger charge is 2.32. The van der Waals surface area contributed by atoms with Gasteiger partial charge in [-0.1, -0.05) is 23.8 Å². The highest BCUT2D eigenvalue weighted by atomic mass is 16.7. The van der Waals surface area contributed by atoms with Crippen molar-refractivity contribution in [1.82, 2.24) is 5.06 Å². The van der Waals surface area contributed by atoms with Crippen molar-refractivity contribution in [2.45, 2.75) is 32.1 Å². The van der Waals surface area contributed by atoms with Gasteiger partial charge in [0.2, 0.25) is 0 Å². The molecule has 0 atom stereocenters. The molecule has 1 saturated heterocycles. The molecule has 0 N–H and O–H groups in total. The predicted octanol–water partition coefficient (Wildman–Crippen LogP) is 1.26. The van der Waals surface area contributed by atoms with Gasteiger partial charge in [-0.25, -0.2) is 4.79 Å². The number of hydroxylamine groups is 2. The van der Waals surface area contributed by atoms with Gasteiger partial charge in [0.25, 0.3) is 11.8 Å². The molecule has 0 aromatic rings. The highest BCUT2D eigenvalue weighted by molar-refractivity contribution is 6.01. The van der Waals surface area contributed by atoms with Gasteiger partial charge in [0.15, 0.2) is 0 Å². The van der Waals surface area contributed by atoms with E-state index in [1.807, 2.05) is 18.2 Å². The van der Waals surface area contributed by atoms with Crippen molar-refractivity contribution in [1.29, 1.82) is 0 Å². The predicted molar refractivity (Wildman–Crippen MR) is 58.3 cm³/mol. The Bertz CT molecular complexity index is 406. The lowest BCUT2D eigenvalue weighted by atomic mass is 10.1. The summed E-state index contributed by atoms with van der Waals surface area (Å²) in [4.78, 5) is 38.5. The van der Waals surface area contributed by atoms with Crippen molar-refractivity contribution in [2.75, 3.05) is 0 Å². The number of imide groups is 1. The second kappa shape index (κ2) is 4.95. The third-order valence-corrected chi connectivity index (χ3v) is 2.66. The summed E-state index contributed by atoms with van der Waals surface area (Å²) in [5.41, 5.74) is 1.08. The summed E-state index contributed by atoms with van der Waals surface area (Å²) in [5, 5.41) is 0.585. The lowest BCUT2D eigenvalue weighted by Crippen LogP contribution is -2.31. The van der Waals surface area contributed by atoms with E-state index >= 15 is 0 Å². The standard InChI is InChI=1S/C12H13NO4/c14-10-6-7-11(15)13(10)17-12(16)8-5-9-3-1-2-4-9/h1,3-4H,2,5-8H2. The van der Waals surface area contributed by atoms with Crippen molar-refractivity contribution in [3.8, 4) is 0 Å². The quantitative estimate of drug-likeness (QED) is 0.688. The number of rotatable bonds is 4. The van der Waals surface area contributed by atoms with E-state index in [0.717, 1.165) is 12.0 Å². The Morgan fingerprint density at radius 3 is 2.59 bits per heavy atom. The van der Waals surface area contributed by atoms with Crippen molar-refractivity contribution in [3.05, 3.63) is 23.8 Å². The smallest absolute Gasteiger partial charge is 0.330 e. The lowest BCUT2D eigenvalue weighted by Gasteiger charge is -2.12. The number of amides is 2. The summed E-state index contributed by atoms with van der Waals surface area (Å²) in [7, 11) is 0. The van der Waals surface area contributed by atoms with Crippen LogP contribution in [0.25, 0.3) is 0 Å². The summed E-state index contributed by atoms with van der Waals surface area (Å²) in [6, 6.07) is 0. The molecule has 2 rings (SSSR count). The number of carbonyl (C=O) groups excluding carboxylic acids is 3. The molecule has 5 heteroatoms. The molecule has 1 aliphatic heterocycles. The monoisotopic (exact) mass is 235 g/mol. The fourth-order valence-corrected chi connectivity index (χ4v) is 1.74. The van der Waals surface area contributed by atoms with Crippen LogP contribution in [0.2, 0.25) is 0 Å². The Hall–Kier alpha value is -1.91. The minimum atomic E-state index is -0.546. The van der Waals surface area contributed by atoms with Crippen LogP contribution in [-0.2, 0) is 19.2 Å². The van der Waals surface area contributed by atoms with Gasteiger partial charge in [0.05, 0.1) is 6.42 Å². The zero-order valence-electron chi connectivity index (χ0n) is 9.35. The minimum absolute atomic E-state index is 0.125. The van der Waals surface area contributed by atoms with Crippen molar-refractivity contribution in [2.24, 2.45) is 0 Å². The maximum Gasteiger partial charge on any atom is 0.333 e. The zero-order valence-corrected chi connectivity index (χ0v) is 9.35. The molecule has 90 valence electrons. The highest BCUT2D eigenvalue weighted by Crippen LogP contribution is 2.17. The minimum Gasteiger partial charge on any atom is -0.330 e. The largest absolute Gasteiger partial charge is 0.333 e. The maximum absolute atomic E-state index is 11.4. The van der Waals surface area contributed by atoms with Crippen LogP contribution in [-0.4, -0.2) is 22.8 Å². The van der Waals surface area contributed by atoms with Crippen molar-refractivity contribution in [3.63, 3.8) is 0 Å². The van der Waals surface area contributed by atoms with Crippen LogP contribution in [0.15, 0.2) is 23.8 Å². The average molecular weight is 235 g/mol. The molecule has 1 heterocycles. The number of hydrogen-bond acceptors (Lipinski definition) is 4. The van der Waals surface area contributed by atoms with E-state index in [-0.39, 0.29) is 19.3 Å². The van der Waals surface area contributed by atoms with E-state index in [1.165, 1.54) is 0 Å². The van der Waals surface area contributed by atoms with Crippen LogP contribution in [0.1, 0.15) is 32.1 Å². The van der Waals surface area contributed by atoms with Crippen LogP contribution in [0.4, 0.5) is 0 Å². The molecule has 0 saturated carbocycles. The van der Waals surface area contributed by atoms with E-state index in [0.29, 0.717) is 11.5 Å². The van der Waals surface area contributed by atoms with Gasteiger partial charge in [0.1, 0.15) is 0 Å². The second-order valence-corrected chi connectivity index (χ2v) is 3.96. The summed E-state index contributed by atoms with van der Waals surface area (Å²) >= 11 is 0. The van der Waals surface area contributed by atoms with E-state index in [2.05, 4.69) is 0 Å². The molecule has 0 spiro atoms. The molecule has 0 unspecified atom stereocenters. The molecule has 5 nitrogen and oxygen atoms in total. The molecule has 1 fully saturated rings. The van der Waals surface area contributed by atoms with Gasteiger partial charge in [-0.05, 0) is 12.8 Å². The molecule has 0 aromatic heterocycles. The fraction of sp³-hybridized carbons (Fsp3) is 0.417. The van der Waals surface area contributed by atoms with Crippen LogP contribution < -0.4 is 0 Å². The van der Waals surface area contributed by atoms with Gasteiger partial charge in [-0.3, -0.25) is 9.59 Å². The first-order chi connectivity index (χ1) is 8.16. The molecule has 2 aliphatic rings. The van der Waals surface area contributed by atoms with Crippen LogP contribution in [0.3, 0.4) is 0 Å². The lowest BCUT2D eigenvalue weighted by molar-refractivity contribution is -0.197. The Morgan fingerprint density at radius 1 is 1.29 bits per heavy atom. The normalized spacial score (nSPS) is 18.8. The first kappa shape index (κ1) is 11.6. The Kier molecular flexibility index (Phi) is 3.37. The first-order valence-corrected chi connectivity index (χ1v) is 5.59. The zero-order chi connectivity index (χ0) is 12.3. The Morgan fingerprint density at radius 2 is 2.00 bits per heavy atom. The number of allylic oxidation sites excluding steroid dienone is 4. The second-order valence-electron chi connectivity index (χ2n) is 3.96. The molecule has 2 amide bonds. The summed E-state index contributed by atoms with van der Waals surface area (Å²) in [6.07, 6.45) is 7.89. The van der Waals surface area contributed by atoms with Gasteiger partial charge in [-0.15, -0.1) is 5.06 Å². The molecule has 17 heavy (non-hydrogen) atoms. The van der Waals surface area contributed by atoms with E-state index in [9.17, 15) is 14.4 Å². The number of nitrogens with zero attached hydrogens (tertiary/aromatic N) is 1. The molecule has 0 radical (unpaired) electrons.